The minimum atomic E-state index is -0.0238. The molecule has 0 spiro atoms. The van der Waals surface area contributed by atoms with Crippen LogP contribution in [0.3, 0.4) is 0 Å². The number of halogens is 1. The Morgan fingerprint density at radius 3 is 2.57 bits per heavy atom. The molecule has 0 fully saturated rings. The van der Waals surface area contributed by atoms with E-state index >= 15 is 0 Å². The molecule has 0 amide bonds. The number of nitrogens with zero attached hydrogens (tertiary/aromatic N) is 1. The Bertz CT molecular complexity index is 639. The van der Waals surface area contributed by atoms with E-state index in [9.17, 15) is 0 Å². The monoisotopic (exact) mass is 304 g/mol. The van der Waals surface area contributed by atoms with Gasteiger partial charge in [-0.2, -0.15) is 0 Å². The number of nitrogens with two attached hydrogens (primary N) is 1. The second-order valence-electron chi connectivity index (χ2n) is 4.62. The lowest BCUT2D eigenvalue weighted by Crippen LogP contribution is -2.14. The molecule has 21 heavy (non-hydrogen) atoms. The number of hydrogen-bond donors (Lipinski definition) is 2. The maximum Gasteiger partial charge on any atom is 0.173 e. The van der Waals surface area contributed by atoms with Gasteiger partial charge in [0, 0.05) is 11.1 Å². The summed E-state index contributed by atoms with van der Waals surface area (Å²) < 4.78 is 5.79. The Balaban J connectivity index is 2.28. The summed E-state index contributed by atoms with van der Waals surface area (Å²) in [4.78, 5) is 0. The van der Waals surface area contributed by atoms with Gasteiger partial charge in [0.25, 0.3) is 0 Å². The Labute approximate surface area is 128 Å². The van der Waals surface area contributed by atoms with Crippen molar-refractivity contribution in [2.75, 3.05) is 0 Å². The van der Waals surface area contributed by atoms with E-state index < -0.39 is 0 Å². The molecule has 0 radical (unpaired) electrons. The van der Waals surface area contributed by atoms with Crippen LogP contribution in [-0.2, 0) is 6.42 Å². The molecule has 0 aliphatic carbocycles. The van der Waals surface area contributed by atoms with Gasteiger partial charge in [-0.05, 0) is 36.2 Å². The minimum absolute atomic E-state index is 0.0238. The van der Waals surface area contributed by atoms with E-state index in [1.54, 1.807) is 18.2 Å². The van der Waals surface area contributed by atoms with Crippen LogP contribution < -0.4 is 10.5 Å². The quantitative estimate of drug-likeness (QED) is 0.377. The van der Waals surface area contributed by atoms with Crippen molar-refractivity contribution in [2.24, 2.45) is 10.9 Å². The Hall–Kier alpha value is -2.20. The lowest BCUT2D eigenvalue weighted by Gasteiger charge is -2.11. The average Bonchev–Trinajstić information content (AvgIpc) is 2.49. The number of aryl methyl sites for hydroxylation is 1. The van der Waals surface area contributed by atoms with Crippen LogP contribution in [-0.4, -0.2) is 11.0 Å². The van der Waals surface area contributed by atoms with Gasteiger partial charge in [0.15, 0.2) is 5.84 Å². The summed E-state index contributed by atoms with van der Waals surface area (Å²) in [5.41, 5.74) is 7.38. The molecule has 0 aromatic heterocycles. The van der Waals surface area contributed by atoms with E-state index in [2.05, 4.69) is 12.1 Å². The maximum absolute atomic E-state index is 8.82. The van der Waals surface area contributed by atoms with Crippen molar-refractivity contribution < 1.29 is 9.94 Å². The van der Waals surface area contributed by atoms with Crippen molar-refractivity contribution >= 4 is 17.4 Å². The van der Waals surface area contributed by atoms with E-state index in [-0.39, 0.29) is 5.84 Å². The standard InChI is InChI=1S/C16H17ClN2O2/c1-2-3-11-4-7-13(8-5-11)21-15-10-12(17)6-9-14(15)16(18)19-20/h4-10,20H,2-3H2,1H3,(H2,18,19). The minimum Gasteiger partial charge on any atom is -0.457 e. The average molecular weight is 305 g/mol. The third kappa shape index (κ3) is 3.89. The van der Waals surface area contributed by atoms with Gasteiger partial charge in [-0.25, -0.2) is 0 Å². The van der Waals surface area contributed by atoms with Gasteiger partial charge in [0.05, 0.1) is 5.56 Å². The van der Waals surface area contributed by atoms with E-state index in [1.165, 1.54) is 5.56 Å². The zero-order chi connectivity index (χ0) is 15.2. The second kappa shape index (κ2) is 6.99. The number of rotatable bonds is 5. The predicted molar refractivity (Wildman–Crippen MR) is 84.5 cm³/mol. The SMILES string of the molecule is CCCc1ccc(Oc2cc(Cl)ccc2C(N)=NO)cc1. The van der Waals surface area contributed by atoms with E-state index in [0.717, 1.165) is 12.8 Å². The van der Waals surface area contributed by atoms with Crippen LogP contribution in [0.2, 0.25) is 5.02 Å². The van der Waals surface area contributed by atoms with E-state index in [1.807, 2.05) is 24.3 Å². The van der Waals surface area contributed by atoms with Gasteiger partial charge in [-0.3, -0.25) is 0 Å². The third-order valence-corrected chi connectivity index (χ3v) is 3.25. The smallest absolute Gasteiger partial charge is 0.173 e. The highest BCUT2D eigenvalue weighted by Crippen LogP contribution is 2.28. The molecular weight excluding hydrogens is 288 g/mol. The molecule has 4 nitrogen and oxygen atoms in total. The van der Waals surface area contributed by atoms with Crippen molar-refractivity contribution in [3.05, 3.63) is 58.6 Å². The molecule has 0 saturated heterocycles. The molecule has 0 bridgehead atoms. The molecule has 2 aromatic carbocycles. The first-order chi connectivity index (χ1) is 10.1. The van der Waals surface area contributed by atoms with Gasteiger partial charge in [0.2, 0.25) is 0 Å². The Morgan fingerprint density at radius 1 is 1.24 bits per heavy atom. The van der Waals surface area contributed by atoms with Crippen molar-refractivity contribution in [3.63, 3.8) is 0 Å². The summed E-state index contributed by atoms with van der Waals surface area (Å²) >= 11 is 5.97. The van der Waals surface area contributed by atoms with Crippen LogP contribution in [0.1, 0.15) is 24.5 Å². The second-order valence-corrected chi connectivity index (χ2v) is 5.06. The number of benzene rings is 2. The summed E-state index contributed by atoms with van der Waals surface area (Å²) in [7, 11) is 0. The first kappa shape index (κ1) is 15.2. The third-order valence-electron chi connectivity index (χ3n) is 3.02. The van der Waals surface area contributed by atoms with Gasteiger partial charge >= 0.3 is 0 Å². The Morgan fingerprint density at radius 2 is 1.95 bits per heavy atom. The van der Waals surface area contributed by atoms with E-state index in [0.29, 0.717) is 22.1 Å². The molecule has 0 aliphatic rings. The van der Waals surface area contributed by atoms with Gasteiger partial charge < -0.3 is 15.7 Å². The van der Waals surface area contributed by atoms with Crippen LogP contribution >= 0.6 is 11.6 Å². The van der Waals surface area contributed by atoms with E-state index in [4.69, 9.17) is 27.3 Å². The fraction of sp³-hybridized carbons (Fsp3) is 0.188. The fourth-order valence-corrected chi connectivity index (χ4v) is 2.15. The maximum atomic E-state index is 8.82. The molecule has 5 heteroatoms. The molecule has 110 valence electrons. The lowest BCUT2D eigenvalue weighted by molar-refractivity contribution is 0.318. The van der Waals surface area contributed by atoms with Crippen LogP contribution in [0.4, 0.5) is 0 Å². The molecule has 2 rings (SSSR count). The number of hydrogen-bond acceptors (Lipinski definition) is 3. The molecule has 0 saturated carbocycles. The first-order valence-corrected chi connectivity index (χ1v) is 7.06. The largest absolute Gasteiger partial charge is 0.457 e. The highest BCUT2D eigenvalue weighted by atomic mass is 35.5. The number of oxime groups is 1. The van der Waals surface area contributed by atoms with Crippen LogP contribution in [0.15, 0.2) is 47.6 Å². The summed E-state index contributed by atoms with van der Waals surface area (Å²) in [6.07, 6.45) is 2.13. The van der Waals surface area contributed by atoms with Gasteiger partial charge in [-0.15, -0.1) is 0 Å². The van der Waals surface area contributed by atoms with Crippen molar-refractivity contribution in [1.82, 2.24) is 0 Å². The topological polar surface area (TPSA) is 67.8 Å². The lowest BCUT2D eigenvalue weighted by atomic mass is 10.1. The van der Waals surface area contributed by atoms with Crippen molar-refractivity contribution in [3.8, 4) is 11.5 Å². The van der Waals surface area contributed by atoms with Crippen molar-refractivity contribution in [1.29, 1.82) is 0 Å². The molecule has 2 aromatic rings. The highest BCUT2D eigenvalue weighted by Gasteiger charge is 2.10. The molecule has 3 N–H and O–H groups in total. The predicted octanol–water partition coefficient (Wildman–Crippen LogP) is 4.18. The summed E-state index contributed by atoms with van der Waals surface area (Å²) in [6.45, 7) is 2.14. The fourth-order valence-electron chi connectivity index (χ4n) is 1.99. The highest BCUT2D eigenvalue weighted by molar-refractivity contribution is 6.30. The van der Waals surface area contributed by atoms with Crippen LogP contribution in [0, 0.1) is 0 Å². The zero-order valence-electron chi connectivity index (χ0n) is 11.7. The summed E-state index contributed by atoms with van der Waals surface area (Å²) in [5.74, 6) is 1.09. The zero-order valence-corrected chi connectivity index (χ0v) is 12.5. The van der Waals surface area contributed by atoms with Gasteiger partial charge in [0.1, 0.15) is 11.5 Å². The molecule has 0 atom stereocenters. The molecular formula is C16H17ClN2O2. The van der Waals surface area contributed by atoms with Gasteiger partial charge in [-0.1, -0.05) is 42.2 Å². The first-order valence-electron chi connectivity index (χ1n) is 6.68. The van der Waals surface area contributed by atoms with Crippen LogP contribution in [0.5, 0.6) is 11.5 Å². The molecule has 0 heterocycles. The number of ether oxygens (including phenoxy) is 1. The Kier molecular flexibility index (Phi) is 5.06. The van der Waals surface area contributed by atoms with Crippen molar-refractivity contribution in [2.45, 2.75) is 19.8 Å². The molecule has 0 aliphatic heterocycles. The summed E-state index contributed by atoms with van der Waals surface area (Å²) in [5, 5.41) is 12.3. The normalized spacial score (nSPS) is 11.4. The molecule has 0 unspecified atom stereocenters. The number of amidine groups is 1. The summed E-state index contributed by atoms with van der Waals surface area (Å²) in [6, 6.07) is 12.8. The van der Waals surface area contributed by atoms with Crippen LogP contribution in [0.25, 0.3) is 0 Å².